The van der Waals surface area contributed by atoms with E-state index in [-0.39, 0.29) is 23.3 Å². The Bertz CT molecular complexity index is 1050. The standard InChI is InChI=1S/C21H26FN7O2/c1-13-19(31-12-25-13)11-28-7-6-14(8-23)18(10-28)29-9-17(20(24)30)21(27-29)26-16-4-2-15(22)3-5-16/h2-5,9,12,14,18H,6-8,10-11,23H2,1H3,(H2,24,30)(H,26,27)/t14-,18+/m0/s1. The van der Waals surface area contributed by atoms with E-state index in [1.54, 1.807) is 23.0 Å². The van der Waals surface area contributed by atoms with Crippen molar-refractivity contribution in [1.29, 1.82) is 0 Å². The van der Waals surface area contributed by atoms with Crippen LogP contribution in [0.3, 0.4) is 0 Å². The van der Waals surface area contributed by atoms with Crippen molar-refractivity contribution in [3.8, 4) is 0 Å². The lowest BCUT2D eigenvalue weighted by Crippen LogP contribution is -2.43. The number of halogens is 1. The molecule has 0 spiro atoms. The maximum absolute atomic E-state index is 13.2. The molecule has 1 amide bonds. The number of carbonyl (C=O) groups excluding carboxylic acids is 1. The zero-order valence-corrected chi connectivity index (χ0v) is 17.3. The Morgan fingerprint density at radius 1 is 1.35 bits per heavy atom. The van der Waals surface area contributed by atoms with Crippen LogP contribution in [-0.2, 0) is 6.54 Å². The molecule has 10 heteroatoms. The van der Waals surface area contributed by atoms with Gasteiger partial charge < -0.3 is 21.2 Å². The van der Waals surface area contributed by atoms with Crippen LogP contribution in [0.2, 0.25) is 0 Å². The fraction of sp³-hybridized carbons (Fsp3) is 0.381. The van der Waals surface area contributed by atoms with E-state index in [0.717, 1.165) is 24.4 Å². The van der Waals surface area contributed by atoms with Gasteiger partial charge >= 0.3 is 0 Å². The first kappa shape index (κ1) is 21.0. The van der Waals surface area contributed by atoms with E-state index in [1.165, 1.54) is 18.5 Å². The van der Waals surface area contributed by atoms with Gasteiger partial charge in [-0.05, 0) is 56.6 Å². The highest BCUT2D eigenvalue weighted by molar-refractivity contribution is 5.98. The number of rotatable bonds is 7. The van der Waals surface area contributed by atoms with E-state index in [4.69, 9.17) is 15.9 Å². The van der Waals surface area contributed by atoms with Crippen molar-refractivity contribution < 1.29 is 13.6 Å². The normalized spacial score (nSPS) is 19.5. The van der Waals surface area contributed by atoms with E-state index >= 15 is 0 Å². The molecule has 0 aliphatic carbocycles. The molecule has 164 valence electrons. The summed E-state index contributed by atoms with van der Waals surface area (Å²) in [7, 11) is 0. The lowest BCUT2D eigenvalue weighted by molar-refractivity contribution is 0.0997. The Kier molecular flexibility index (Phi) is 6.01. The summed E-state index contributed by atoms with van der Waals surface area (Å²) in [5, 5.41) is 7.67. The van der Waals surface area contributed by atoms with E-state index < -0.39 is 5.91 Å². The summed E-state index contributed by atoms with van der Waals surface area (Å²) in [5.41, 5.74) is 13.4. The fourth-order valence-corrected chi connectivity index (χ4v) is 3.95. The Balaban J connectivity index is 1.58. The number of likely N-dealkylation sites (tertiary alicyclic amines) is 1. The number of oxazole rings is 1. The number of nitrogens with zero attached hydrogens (tertiary/aromatic N) is 4. The van der Waals surface area contributed by atoms with Crippen LogP contribution in [0, 0.1) is 18.7 Å². The summed E-state index contributed by atoms with van der Waals surface area (Å²) in [6.07, 6.45) is 4.00. The number of carbonyl (C=O) groups is 1. The first-order valence-corrected chi connectivity index (χ1v) is 10.2. The first-order valence-electron chi connectivity index (χ1n) is 10.2. The van der Waals surface area contributed by atoms with Crippen molar-refractivity contribution in [2.75, 3.05) is 25.0 Å². The Hall–Kier alpha value is -3.24. The number of hydrogen-bond acceptors (Lipinski definition) is 7. The highest BCUT2D eigenvalue weighted by atomic mass is 19.1. The minimum atomic E-state index is -0.592. The molecule has 5 N–H and O–H groups in total. The molecular weight excluding hydrogens is 401 g/mol. The first-order chi connectivity index (χ1) is 14.9. The Morgan fingerprint density at radius 3 is 2.77 bits per heavy atom. The number of benzene rings is 1. The molecule has 9 nitrogen and oxygen atoms in total. The number of aryl methyl sites for hydroxylation is 1. The summed E-state index contributed by atoms with van der Waals surface area (Å²) in [6, 6.07) is 5.77. The third kappa shape index (κ3) is 4.59. The molecule has 0 bridgehead atoms. The van der Waals surface area contributed by atoms with Crippen molar-refractivity contribution in [2.45, 2.75) is 25.9 Å². The van der Waals surface area contributed by atoms with Gasteiger partial charge in [0.25, 0.3) is 5.91 Å². The average Bonchev–Trinajstić information content (AvgIpc) is 3.36. The number of hydrogen-bond donors (Lipinski definition) is 3. The second-order valence-electron chi connectivity index (χ2n) is 7.82. The summed E-state index contributed by atoms with van der Waals surface area (Å²) in [5.74, 6) is 0.428. The Labute approximate surface area is 179 Å². The molecule has 3 heterocycles. The average molecular weight is 427 g/mol. The monoisotopic (exact) mass is 427 g/mol. The minimum Gasteiger partial charge on any atom is -0.447 e. The zero-order chi connectivity index (χ0) is 22.0. The smallest absolute Gasteiger partial charge is 0.254 e. The van der Waals surface area contributed by atoms with Crippen LogP contribution in [-0.4, -0.2) is 45.2 Å². The number of nitrogens with one attached hydrogen (secondary N) is 1. The van der Waals surface area contributed by atoms with Crippen LogP contribution in [0.15, 0.2) is 41.3 Å². The molecule has 1 fully saturated rings. The van der Waals surface area contributed by atoms with Gasteiger partial charge in [0.1, 0.15) is 17.1 Å². The summed E-state index contributed by atoms with van der Waals surface area (Å²) >= 11 is 0. The largest absolute Gasteiger partial charge is 0.447 e. The number of anilines is 2. The predicted octanol–water partition coefficient (Wildman–Crippen LogP) is 2.18. The molecule has 2 aromatic heterocycles. The summed E-state index contributed by atoms with van der Waals surface area (Å²) < 4.78 is 20.5. The number of nitrogens with two attached hydrogens (primary N) is 2. The molecule has 31 heavy (non-hydrogen) atoms. The summed E-state index contributed by atoms with van der Waals surface area (Å²) in [4.78, 5) is 18.5. The molecule has 1 aliphatic rings. The third-order valence-electron chi connectivity index (χ3n) is 5.76. The molecule has 1 saturated heterocycles. The van der Waals surface area contributed by atoms with Crippen molar-refractivity contribution in [2.24, 2.45) is 17.4 Å². The van der Waals surface area contributed by atoms with E-state index in [2.05, 4.69) is 20.3 Å². The SMILES string of the molecule is Cc1ncoc1CN1CC[C@@H](CN)[C@H](n2cc(C(N)=O)c(Nc3ccc(F)cc3)n2)C1. The van der Waals surface area contributed by atoms with E-state index in [9.17, 15) is 9.18 Å². The number of amides is 1. The fourth-order valence-electron chi connectivity index (χ4n) is 3.95. The van der Waals surface area contributed by atoms with Crippen molar-refractivity contribution in [1.82, 2.24) is 19.7 Å². The molecule has 1 aliphatic heterocycles. The third-order valence-corrected chi connectivity index (χ3v) is 5.76. The van der Waals surface area contributed by atoms with Gasteiger partial charge in [-0.1, -0.05) is 0 Å². The minimum absolute atomic E-state index is 0.0381. The number of aromatic nitrogens is 3. The summed E-state index contributed by atoms with van der Waals surface area (Å²) in [6.45, 7) is 4.64. The molecule has 3 aromatic rings. The van der Waals surface area contributed by atoms with Gasteiger partial charge in [0.2, 0.25) is 0 Å². The van der Waals surface area contributed by atoms with Gasteiger partial charge in [-0.25, -0.2) is 9.37 Å². The lowest BCUT2D eigenvalue weighted by Gasteiger charge is -2.37. The van der Waals surface area contributed by atoms with E-state index in [1.807, 2.05) is 6.92 Å². The van der Waals surface area contributed by atoms with Crippen LogP contribution in [0.4, 0.5) is 15.9 Å². The van der Waals surface area contributed by atoms with Crippen LogP contribution in [0.1, 0.15) is 34.3 Å². The van der Waals surface area contributed by atoms with Crippen molar-refractivity contribution in [3.05, 3.63) is 59.7 Å². The molecule has 2 atom stereocenters. The molecule has 4 rings (SSSR count). The molecule has 0 radical (unpaired) electrons. The predicted molar refractivity (Wildman–Crippen MR) is 113 cm³/mol. The van der Waals surface area contributed by atoms with Crippen LogP contribution < -0.4 is 16.8 Å². The molecular formula is C21H26FN7O2. The maximum atomic E-state index is 13.2. The van der Waals surface area contributed by atoms with Crippen molar-refractivity contribution >= 4 is 17.4 Å². The van der Waals surface area contributed by atoms with Gasteiger partial charge in [-0.15, -0.1) is 0 Å². The van der Waals surface area contributed by atoms with Gasteiger partial charge in [-0.3, -0.25) is 14.4 Å². The molecule has 1 aromatic carbocycles. The van der Waals surface area contributed by atoms with Gasteiger partial charge in [0, 0.05) is 18.4 Å². The van der Waals surface area contributed by atoms with Crippen molar-refractivity contribution in [3.63, 3.8) is 0 Å². The van der Waals surface area contributed by atoms with Crippen LogP contribution in [0.5, 0.6) is 0 Å². The Morgan fingerprint density at radius 2 is 2.13 bits per heavy atom. The second-order valence-corrected chi connectivity index (χ2v) is 7.82. The van der Waals surface area contributed by atoms with Gasteiger partial charge in [0.05, 0.1) is 18.3 Å². The van der Waals surface area contributed by atoms with Crippen LogP contribution >= 0.6 is 0 Å². The topological polar surface area (TPSA) is 128 Å². The lowest BCUT2D eigenvalue weighted by atomic mass is 9.91. The van der Waals surface area contributed by atoms with E-state index in [0.29, 0.717) is 31.1 Å². The highest BCUT2D eigenvalue weighted by Crippen LogP contribution is 2.30. The molecule has 0 unspecified atom stereocenters. The second kappa shape index (κ2) is 8.86. The zero-order valence-electron chi connectivity index (χ0n) is 17.3. The number of primary amides is 1. The van der Waals surface area contributed by atoms with Gasteiger partial charge in [-0.2, -0.15) is 5.10 Å². The quantitative estimate of drug-likeness (QED) is 0.527. The van der Waals surface area contributed by atoms with Gasteiger partial charge in [0.15, 0.2) is 12.2 Å². The highest BCUT2D eigenvalue weighted by Gasteiger charge is 2.32. The van der Waals surface area contributed by atoms with Crippen LogP contribution in [0.25, 0.3) is 0 Å². The maximum Gasteiger partial charge on any atom is 0.254 e. The number of piperidine rings is 1. The molecule has 0 saturated carbocycles.